The van der Waals surface area contributed by atoms with Gasteiger partial charge in [0.05, 0.1) is 0 Å². The molecule has 1 saturated heterocycles. The largest absolute Gasteiger partial charge is 0.383 e. The Morgan fingerprint density at radius 2 is 2.06 bits per heavy atom. The molecule has 0 bridgehead atoms. The van der Waals surface area contributed by atoms with Crippen LogP contribution in [-0.2, 0) is 4.79 Å². The van der Waals surface area contributed by atoms with Gasteiger partial charge in [-0.2, -0.15) is 8.78 Å². The standard InChI is InChI=1S/C8H12F4N2O.ClH/c1-5-4-13-2-3-14(5)7(15)8(11,12)6(9)10;/h5-6,13H,2-4H2,1H3;1H/t5-;/m1./s1. The summed E-state index contributed by atoms with van der Waals surface area (Å²) in [4.78, 5) is 11.9. The van der Waals surface area contributed by atoms with Gasteiger partial charge in [-0.05, 0) is 6.92 Å². The molecule has 0 aromatic heterocycles. The molecular formula is C8H13ClF4N2O. The van der Waals surface area contributed by atoms with Gasteiger partial charge in [0, 0.05) is 25.7 Å². The number of alkyl halides is 4. The summed E-state index contributed by atoms with van der Waals surface area (Å²) >= 11 is 0. The molecule has 3 nitrogen and oxygen atoms in total. The number of hydrogen-bond donors (Lipinski definition) is 1. The first-order valence-electron chi connectivity index (χ1n) is 4.55. The molecule has 1 fully saturated rings. The van der Waals surface area contributed by atoms with Crippen LogP contribution in [0.3, 0.4) is 0 Å². The van der Waals surface area contributed by atoms with Gasteiger partial charge in [-0.3, -0.25) is 4.79 Å². The highest BCUT2D eigenvalue weighted by Crippen LogP contribution is 2.26. The van der Waals surface area contributed by atoms with E-state index in [0.29, 0.717) is 13.1 Å². The Balaban J connectivity index is 0.00000225. The van der Waals surface area contributed by atoms with Crippen LogP contribution in [0.15, 0.2) is 0 Å². The van der Waals surface area contributed by atoms with Gasteiger partial charge in [0.1, 0.15) is 0 Å². The Kier molecular flexibility index (Phi) is 5.48. The van der Waals surface area contributed by atoms with Crippen molar-refractivity contribution in [3.63, 3.8) is 0 Å². The molecule has 1 rings (SSSR count). The maximum Gasteiger partial charge on any atom is 0.383 e. The highest BCUT2D eigenvalue weighted by molar-refractivity contribution is 5.85. The van der Waals surface area contributed by atoms with Gasteiger partial charge in [0.25, 0.3) is 5.91 Å². The average molecular weight is 265 g/mol. The molecule has 1 aliphatic rings. The molecule has 1 atom stereocenters. The molecule has 8 heteroatoms. The summed E-state index contributed by atoms with van der Waals surface area (Å²) < 4.78 is 49.3. The second-order valence-electron chi connectivity index (χ2n) is 3.48. The van der Waals surface area contributed by atoms with Crippen LogP contribution in [-0.4, -0.2) is 48.8 Å². The van der Waals surface area contributed by atoms with Crippen LogP contribution in [0.1, 0.15) is 6.92 Å². The Morgan fingerprint density at radius 3 is 2.50 bits per heavy atom. The fraction of sp³-hybridized carbons (Fsp3) is 0.875. The van der Waals surface area contributed by atoms with E-state index in [9.17, 15) is 22.4 Å². The molecule has 1 aliphatic heterocycles. The predicted molar refractivity (Wildman–Crippen MR) is 52.2 cm³/mol. The number of hydrogen-bond acceptors (Lipinski definition) is 2. The first-order chi connectivity index (χ1) is 6.87. The Bertz CT molecular complexity index is 252. The lowest BCUT2D eigenvalue weighted by Gasteiger charge is -2.35. The Morgan fingerprint density at radius 1 is 1.50 bits per heavy atom. The molecule has 1 heterocycles. The third-order valence-corrected chi connectivity index (χ3v) is 2.32. The maximum atomic E-state index is 12.7. The highest BCUT2D eigenvalue weighted by atomic mass is 35.5. The zero-order valence-corrected chi connectivity index (χ0v) is 9.37. The predicted octanol–water partition coefficient (Wildman–Crippen LogP) is 1.13. The van der Waals surface area contributed by atoms with Crippen LogP contribution in [0.5, 0.6) is 0 Å². The topological polar surface area (TPSA) is 32.3 Å². The van der Waals surface area contributed by atoms with Gasteiger partial charge in [0.15, 0.2) is 0 Å². The number of nitrogens with one attached hydrogen (secondary N) is 1. The zero-order chi connectivity index (χ0) is 11.6. The van der Waals surface area contributed by atoms with Crippen molar-refractivity contribution in [1.82, 2.24) is 10.2 Å². The van der Waals surface area contributed by atoms with Gasteiger partial charge in [-0.25, -0.2) is 8.78 Å². The van der Waals surface area contributed by atoms with Crippen LogP contribution >= 0.6 is 12.4 Å². The van der Waals surface area contributed by atoms with E-state index in [-0.39, 0.29) is 19.0 Å². The van der Waals surface area contributed by atoms with Crippen LogP contribution in [0, 0.1) is 0 Å². The van der Waals surface area contributed by atoms with E-state index in [1.165, 1.54) is 6.92 Å². The lowest BCUT2D eigenvalue weighted by atomic mass is 10.2. The SMILES string of the molecule is C[C@@H]1CNCCN1C(=O)C(F)(F)C(F)F.Cl. The van der Waals surface area contributed by atoms with Crippen molar-refractivity contribution >= 4 is 18.3 Å². The van der Waals surface area contributed by atoms with Gasteiger partial charge in [0.2, 0.25) is 0 Å². The molecule has 0 unspecified atom stereocenters. The Labute approximate surface area is 96.6 Å². The van der Waals surface area contributed by atoms with Gasteiger partial charge < -0.3 is 10.2 Å². The maximum absolute atomic E-state index is 12.7. The quantitative estimate of drug-likeness (QED) is 0.759. The normalized spacial score (nSPS) is 21.9. The number of carbonyl (C=O) groups is 1. The number of amides is 1. The third kappa shape index (κ3) is 2.98. The zero-order valence-electron chi connectivity index (χ0n) is 8.55. The minimum Gasteiger partial charge on any atom is -0.332 e. The monoisotopic (exact) mass is 264 g/mol. The molecule has 0 aliphatic carbocycles. The fourth-order valence-electron chi connectivity index (χ4n) is 1.43. The number of piperazine rings is 1. The number of halogens is 5. The van der Waals surface area contributed by atoms with Crippen molar-refractivity contribution in [2.24, 2.45) is 0 Å². The lowest BCUT2D eigenvalue weighted by molar-refractivity contribution is -0.183. The summed E-state index contributed by atoms with van der Waals surface area (Å²) in [5, 5.41) is 2.87. The summed E-state index contributed by atoms with van der Waals surface area (Å²) in [6.07, 6.45) is -3.95. The molecule has 0 aromatic rings. The van der Waals surface area contributed by atoms with Crippen molar-refractivity contribution in [1.29, 1.82) is 0 Å². The minimum atomic E-state index is -4.58. The highest BCUT2D eigenvalue weighted by Gasteiger charge is 2.52. The van der Waals surface area contributed by atoms with Gasteiger partial charge in [-0.1, -0.05) is 0 Å². The molecule has 0 aromatic carbocycles. The molecule has 0 spiro atoms. The molecule has 0 radical (unpaired) electrons. The summed E-state index contributed by atoms with van der Waals surface area (Å²) in [5.41, 5.74) is 0. The van der Waals surface area contributed by atoms with Crippen molar-refractivity contribution in [3.8, 4) is 0 Å². The molecule has 1 N–H and O–H groups in total. The molecule has 0 saturated carbocycles. The first kappa shape index (κ1) is 15.4. The van der Waals surface area contributed by atoms with E-state index in [2.05, 4.69) is 5.32 Å². The summed E-state index contributed by atoms with van der Waals surface area (Å²) in [6.45, 7) is 2.24. The van der Waals surface area contributed by atoms with Gasteiger partial charge >= 0.3 is 12.3 Å². The van der Waals surface area contributed by atoms with Crippen LogP contribution < -0.4 is 5.32 Å². The second kappa shape index (κ2) is 5.67. The summed E-state index contributed by atoms with van der Waals surface area (Å²) in [5.74, 6) is -6.36. The summed E-state index contributed by atoms with van der Waals surface area (Å²) in [7, 11) is 0. The van der Waals surface area contributed by atoms with Crippen molar-refractivity contribution in [2.45, 2.75) is 25.3 Å². The van der Waals surface area contributed by atoms with E-state index in [1.807, 2.05) is 0 Å². The average Bonchev–Trinajstić information content (AvgIpc) is 2.17. The Hall–Kier alpha value is -0.560. The van der Waals surface area contributed by atoms with Crippen molar-refractivity contribution < 1.29 is 22.4 Å². The molecular weight excluding hydrogens is 252 g/mol. The molecule has 96 valence electrons. The molecule has 16 heavy (non-hydrogen) atoms. The van der Waals surface area contributed by atoms with Crippen LogP contribution in [0.25, 0.3) is 0 Å². The van der Waals surface area contributed by atoms with Crippen molar-refractivity contribution in [3.05, 3.63) is 0 Å². The lowest BCUT2D eigenvalue weighted by Crippen LogP contribution is -2.58. The second-order valence-corrected chi connectivity index (χ2v) is 3.48. The van der Waals surface area contributed by atoms with E-state index < -0.39 is 24.3 Å². The first-order valence-corrected chi connectivity index (χ1v) is 4.55. The molecule has 1 amide bonds. The smallest absolute Gasteiger partial charge is 0.332 e. The van der Waals surface area contributed by atoms with E-state index in [4.69, 9.17) is 0 Å². The van der Waals surface area contributed by atoms with Crippen LogP contribution in [0.4, 0.5) is 17.6 Å². The minimum absolute atomic E-state index is 0. The van der Waals surface area contributed by atoms with E-state index in [0.717, 1.165) is 4.90 Å². The van der Waals surface area contributed by atoms with E-state index >= 15 is 0 Å². The number of rotatable bonds is 2. The number of nitrogens with zero attached hydrogens (tertiary/aromatic N) is 1. The van der Waals surface area contributed by atoms with Crippen molar-refractivity contribution in [2.75, 3.05) is 19.6 Å². The van der Waals surface area contributed by atoms with Crippen LogP contribution in [0.2, 0.25) is 0 Å². The summed E-state index contributed by atoms with van der Waals surface area (Å²) in [6, 6.07) is -0.490. The number of carbonyl (C=O) groups excluding carboxylic acids is 1. The van der Waals surface area contributed by atoms with E-state index in [1.54, 1.807) is 0 Å². The van der Waals surface area contributed by atoms with Gasteiger partial charge in [-0.15, -0.1) is 12.4 Å². The third-order valence-electron chi connectivity index (χ3n) is 2.32. The fourth-order valence-corrected chi connectivity index (χ4v) is 1.43.